The second-order valence-corrected chi connectivity index (χ2v) is 5.46. The first-order valence-electron chi connectivity index (χ1n) is 7.63. The highest BCUT2D eigenvalue weighted by atomic mass is 16.5. The molecule has 1 aromatic carbocycles. The predicted octanol–water partition coefficient (Wildman–Crippen LogP) is 3.12. The van der Waals surface area contributed by atoms with Crippen molar-refractivity contribution in [3.05, 3.63) is 29.8 Å². The normalized spacial score (nSPS) is 19.7. The van der Waals surface area contributed by atoms with Gasteiger partial charge < -0.3 is 9.64 Å². The largest absolute Gasteiger partial charge is 0.480 e. The maximum atomic E-state index is 12.6. The standard InChI is InChI=1S/C17H22N2O2/c1-3-15-9-6-7-11-19(15)17(20)13(2)21-16-10-5-4-8-14(16)12-18/h4-5,8,10,13,15H,3,6-7,9,11H2,1-2H3. The first kappa shape index (κ1) is 15.4. The van der Waals surface area contributed by atoms with E-state index in [-0.39, 0.29) is 5.91 Å². The lowest BCUT2D eigenvalue weighted by Crippen LogP contribution is -2.48. The van der Waals surface area contributed by atoms with Crippen LogP contribution < -0.4 is 4.74 Å². The molecule has 0 aliphatic carbocycles. The van der Waals surface area contributed by atoms with Crippen molar-refractivity contribution in [3.8, 4) is 11.8 Å². The number of likely N-dealkylation sites (tertiary alicyclic amines) is 1. The smallest absolute Gasteiger partial charge is 0.263 e. The van der Waals surface area contributed by atoms with Crippen LogP contribution in [-0.2, 0) is 4.79 Å². The second kappa shape index (κ2) is 7.12. The van der Waals surface area contributed by atoms with E-state index in [4.69, 9.17) is 10.00 Å². The van der Waals surface area contributed by atoms with Gasteiger partial charge in [-0.3, -0.25) is 4.79 Å². The molecule has 0 saturated carbocycles. The first-order valence-corrected chi connectivity index (χ1v) is 7.63. The fraction of sp³-hybridized carbons (Fsp3) is 0.529. The van der Waals surface area contributed by atoms with Crippen molar-refractivity contribution in [1.29, 1.82) is 5.26 Å². The highest BCUT2D eigenvalue weighted by Gasteiger charge is 2.29. The number of carbonyl (C=O) groups excluding carboxylic acids is 1. The summed E-state index contributed by atoms with van der Waals surface area (Å²) < 4.78 is 5.73. The van der Waals surface area contributed by atoms with Gasteiger partial charge in [0, 0.05) is 12.6 Å². The van der Waals surface area contributed by atoms with Gasteiger partial charge in [0.15, 0.2) is 6.10 Å². The maximum absolute atomic E-state index is 12.6. The Labute approximate surface area is 126 Å². The molecule has 0 aromatic heterocycles. The minimum atomic E-state index is -0.563. The topological polar surface area (TPSA) is 53.3 Å². The maximum Gasteiger partial charge on any atom is 0.263 e. The molecular formula is C17H22N2O2. The van der Waals surface area contributed by atoms with Crippen LogP contribution >= 0.6 is 0 Å². The third kappa shape index (κ3) is 3.55. The van der Waals surface area contributed by atoms with Gasteiger partial charge in [-0.05, 0) is 44.7 Å². The zero-order valence-corrected chi connectivity index (χ0v) is 12.7. The summed E-state index contributed by atoms with van der Waals surface area (Å²) in [5.41, 5.74) is 0.461. The molecule has 2 rings (SSSR count). The van der Waals surface area contributed by atoms with Crippen molar-refractivity contribution in [3.63, 3.8) is 0 Å². The van der Waals surface area contributed by atoms with E-state index in [0.717, 1.165) is 25.8 Å². The highest BCUT2D eigenvalue weighted by molar-refractivity contribution is 5.81. The summed E-state index contributed by atoms with van der Waals surface area (Å²) in [6.45, 7) is 4.69. The van der Waals surface area contributed by atoms with Crippen molar-refractivity contribution in [1.82, 2.24) is 4.90 Å². The fourth-order valence-electron chi connectivity index (χ4n) is 2.85. The highest BCUT2D eigenvalue weighted by Crippen LogP contribution is 2.23. The Balaban J connectivity index is 2.07. The van der Waals surface area contributed by atoms with Crippen LogP contribution in [-0.4, -0.2) is 29.5 Å². The molecule has 1 heterocycles. The number of benzene rings is 1. The molecule has 0 bridgehead atoms. The molecule has 1 aliphatic rings. The van der Waals surface area contributed by atoms with E-state index < -0.39 is 6.10 Å². The lowest BCUT2D eigenvalue weighted by molar-refractivity contribution is -0.141. The lowest BCUT2D eigenvalue weighted by atomic mass is 9.99. The second-order valence-electron chi connectivity index (χ2n) is 5.46. The van der Waals surface area contributed by atoms with Crippen LogP contribution in [0.4, 0.5) is 0 Å². The van der Waals surface area contributed by atoms with E-state index in [2.05, 4.69) is 13.0 Å². The molecule has 1 aromatic rings. The van der Waals surface area contributed by atoms with Gasteiger partial charge in [-0.2, -0.15) is 5.26 Å². The summed E-state index contributed by atoms with van der Waals surface area (Å²) in [4.78, 5) is 14.5. The molecule has 2 unspecified atom stereocenters. The van der Waals surface area contributed by atoms with Gasteiger partial charge in [-0.25, -0.2) is 0 Å². The molecule has 1 fully saturated rings. The Hall–Kier alpha value is -2.02. The van der Waals surface area contributed by atoms with Crippen LogP contribution in [0.5, 0.6) is 5.75 Å². The number of carbonyl (C=O) groups is 1. The third-order valence-corrected chi connectivity index (χ3v) is 4.04. The molecule has 0 N–H and O–H groups in total. The van der Waals surface area contributed by atoms with Gasteiger partial charge in [0.1, 0.15) is 11.8 Å². The van der Waals surface area contributed by atoms with Gasteiger partial charge in [-0.1, -0.05) is 19.1 Å². The zero-order chi connectivity index (χ0) is 15.2. The SMILES string of the molecule is CCC1CCCCN1C(=O)C(C)Oc1ccccc1C#N. The predicted molar refractivity (Wildman–Crippen MR) is 80.9 cm³/mol. The van der Waals surface area contributed by atoms with Crippen LogP contribution in [0, 0.1) is 11.3 Å². The summed E-state index contributed by atoms with van der Waals surface area (Å²) in [7, 11) is 0. The Morgan fingerprint density at radius 1 is 1.48 bits per heavy atom. The van der Waals surface area contributed by atoms with Gasteiger partial charge >= 0.3 is 0 Å². The van der Waals surface area contributed by atoms with Gasteiger partial charge in [0.2, 0.25) is 0 Å². The molecule has 1 saturated heterocycles. The van der Waals surface area contributed by atoms with Crippen molar-refractivity contribution in [2.24, 2.45) is 0 Å². The Morgan fingerprint density at radius 2 is 2.24 bits per heavy atom. The number of amides is 1. The van der Waals surface area contributed by atoms with E-state index in [1.165, 1.54) is 6.42 Å². The van der Waals surface area contributed by atoms with Crippen LogP contribution in [0.3, 0.4) is 0 Å². The molecule has 0 spiro atoms. The average molecular weight is 286 g/mol. The van der Waals surface area contributed by atoms with Crippen LogP contribution in [0.2, 0.25) is 0 Å². The molecule has 112 valence electrons. The zero-order valence-electron chi connectivity index (χ0n) is 12.7. The summed E-state index contributed by atoms with van der Waals surface area (Å²) in [5, 5.41) is 9.07. The van der Waals surface area contributed by atoms with Gasteiger partial charge in [-0.15, -0.1) is 0 Å². The van der Waals surface area contributed by atoms with E-state index in [0.29, 0.717) is 17.4 Å². The van der Waals surface area contributed by atoms with Gasteiger partial charge in [0.05, 0.1) is 5.56 Å². The number of ether oxygens (including phenoxy) is 1. The third-order valence-electron chi connectivity index (χ3n) is 4.04. The van der Waals surface area contributed by atoms with E-state index in [1.807, 2.05) is 11.0 Å². The summed E-state index contributed by atoms with van der Waals surface area (Å²) in [5.74, 6) is 0.500. The van der Waals surface area contributed by atoms with E-state index in [1.54, 1.807) is 25.1 Å². The molecule has 1 aliphatic heterocycles. The van der Waals surface area contributed by atoms with E-state index >= 15 is 0 Å². The number of rotatable bonds is 4. The molecule has 2 atom stereocenters. The molecule has 4 nitrogen and oxygen atoms in total. The Kier molecular flexibility index (Phi) is 5.21. The number of nitrogens with zero attached hydrogens (tertiary/aromatic N) is 2. The molecule has 21 heavy (non-hydrogen) atoms. The molecule has 4 heteroatoms. The number of piperidine rings is 1. The molecule has 0 radical (unpaired) electrons. The van der Waals surface area contributed by atoms with Crippen molar-refractivity contribution < 1.29 is 9.53 Å². The van der Waals surface area contributed by atoms with Crippen LogP contribution in [0.25, 0.3) is 0 Å². The quantitative estimate of drug-likeness (QED) is 0.854. The lowest BCUT2D eigenvalue weighted by Gasteiger charge is -2.36. The van der Waals surface area contributed by atoms with Crippen molar-refractivity contribution >= 4 is 5.91 Å². The van der Waals surface area contributed by atoms with Crippen molar-refractivity contribution in [2.45, 2.75) is 51.7 Å². The first-order chi connectivity index (χ1) is 10.2. The van der Waals surface area contributed by atoms with Gasteiger partial charge in [0.25, 0.3) is 5.91 Å². The summed E-state index contributed by atoms with van der Waals surface area (Å²) in [6, 6.07) is 9.44. The Morgan fingerprint density at radius 3 is 2.95 bits per heavy atom. The minimum Gasteiger partial charge on any atom is -0.480 e. The number of nitriles is 1. The number of hydrogen-bond donors (Lipinski definition) is 0. The molecular weight excluding hydrogens is 264 g/mol. The fourth-order valence-corrected chi connectivity index (χ4v) is 2.85. The number of para-hydroxylation sites is 1. The number of hydrogen-bond acceptors (Lipinski definition) is 3. The monoisotopic (exact) mass is 286 g/mol. The van der Waals surface area contributed by atoms with Crippen molar-refractivity contribution in [2.75, 3.05) is 6.54 Å². The minimum absolute atomic E-state index is 0.0225. The van der Waals surface area contributed by atoms with Crippen LogP contribution in [0.1, 0.15) is 45.1 Å². The average Bonchev–Trinajstić information content (AvgIpc) is 2.54. The van der Waals surface area contributed by atoms with Crippen LogP contribution in [0.15, 0.2) is 24.3 Å². The van der Waals surface area contributed by atoms with E-state index in [9.17, 15) is 4.79 Å². The summed E-state index contributed by atoms with van der Waals surface area (Å²) in [6.07, 6.45) is 3.74. The Bertz CT molecular complexity index is 536. The molecule has 1 amide bonds. The summed E-state index contributed by atoms with van der Waals surface area (Å²) >= 11 is 0.